The fraction of sp³-hybridized carbons (Fsp3) is 0.156. The zero-order valence-electron chi connectivity index (χ0n) is 22.9. The number of carbonyl (C=O) groups is 2. The summed E-state index contributed by atoms with van der Waals surface area (Å²) < 4.78 is 17.2. The number of rotatable bonds is 8. The largest absolute Gasteiger partial charge is 0.476 e. The zero-order valence-corrected chi connectivity index (χ0v) is 25.2. The summed E-state index contributed by atoms with van der Waals surface area (Å²) in [6.07, 6.45) is 0. The van der Waals surface area contributed by atoms with Crippen LogP contribution in [-0.4, -0.2) is 25.1 Å². The predicted octanol–water partition coefficient (Wildman–Crippen LogP) is 8.31. The quantitative estimate of drug-likeness (QED) is 0.175. The maximum absolute atomic E-state index is 13.6. The van der Waals surface area contributed by atoms with E-state index in [1.807, 2.05) is 31.2 Å². The monoisotopic (exact) mass is 621 g/mol. The number of nitrogens with one attached hydrogen (secondary N) is 1. The second kappa shape index (κ2) is 12.4. The second-order valence-electron chi connectivity index (χ2n) is 9.47. The highest BCUT2D eigenvalue weighted by molar-refractivity contribution is 7.15. The molecule has 42 heavy (non-hydrogen) atoms. The van der Waals surface area contributed by atoms with Gasteiger partial charge in [0.1, 0.15) is 16.1 Å². The Kier molecular flexibility index (Phi) is 8.68. The fourth-order valence-corrected chi connectivity index (χ4v) is 5.59. The molecule has 2 heterocycles. The number of benzene rings is 3. The molecule has 2 aromatic heterocycles. The number of fused-ring (bicyclic) bond motifs is 1. The van der Waals surface area contributed by atoms with Crippen LogP contribution in [0.25, 0.3) is 33.4 Å². The number of ether oxygens (including phenoxy) is 2. The Hall–Kier alpha value is -4.11. The molecule has 0 aliphatic carbocycles. The van der Waals surface area contributed by atoms with Crippen LogP contribution in [0.4, 0.5) is 5.00 Å². The van der Waals surface area contributed by atoms with Crippen LogP contribution in [0.5, 0.6) is 5.75 Å². The van der Waals surface area contributed by atoms with Crippen LogP contribution >= 0.6 is 34.5 Å². The number of thiophene rings is 1. The molecule has 0 atom stereocenters. The van der Waals surface area contributed by atoms with E-state index in [0.717, 1.165) is 16.7 Å². The van der Waals surface area contributed by atoms with Crippen molar-refractivity contribution in [2.24, 2.45) is 0 Å². The lowest BCUT2D eigenvalue weighted by Gasteiger charge is -2.13. The van der Waals surface area contributed by atoms with Crippen LogP contribution in [-0.2, 0) is 9.53 Å². The van der Waals surface area contributed by atoms with E-state index in [9.17, 15) is 14.4 Å². The van der Waals surface area contributed by atoms with Gasteiger partial charge >= 0.3 is 5.97 Å². The molecule has 5 aromatic rings. The van der Waals surface area contributed by atoms with Crippen molar-refractivity contribution in [3.63, 3.8) is 0 Å². The Labute approximate surface area is 255 Å². The average molecular weight is 623 g/mol. The van der Waals surface area contributed by atoms with Crippen molar-refractivity contribution >= 4 is 62.4 Å². The minimum absolute atomic E-state index is 0.142. The van der Waals surface area contributed by atoms with E-state index >= 15 is 0 Å². The van der Waals surface area contributed by atoms with E-state index in [4.69, 9.17) is 37.1 Å². The van der Waals surface area contributed by atoms with Crippen molar-refractivity contribution < 1.29 is 23.5 Å². The zero-order chi connectivity index (χ0) is 30.0. The van der Waals surface area contributed by atoms with E-state index in [2.05, 4.69) is 5.32 Å². The molecule has 0 unspecified atom stereocenters. The summed E-state index contributed by atoms with van der Waals surface area (Å²) >= 11 is 13.5. The van der Waals surface area contributed by atoms with Gasteiger partial charge in [0, 0.05) is 26.6 Å². The van der Waals surface area contributed by atoms with Crippen molar-refractivity contribution in [1.29, 1.82) is 0 Å². The maximum atomic E-state index is 13.6. The van der Waals surface area contributed by atoms with Gasteiger partial charge in [-0.15, -0.1) is 11.3 Å². The number of amides is 1. The first-order valence-electron chi connectivity index (χ1n) is 13.0. The Morgan fingerprint density at radius 3 is 2.36 bits per heavy atom. The van der Waals surface area contributed by atoms with Crippen LogP contribution in [0.2, 0.25) is 10.0 Å². The Morgan fingerprint density at radius 2 is 1.67 bits per heavy atom. The highest BCUT2D eigenvalue weighted by Crippen LogP contribution is 2.37. The summed E-state index contributed by atoms with van der Waals surface area (Å²) in [5, 5.41) is 5.95. The average Bonchev–Trinajstić information content (AvgIpc) is 3.38. The Balaban J connectivity index is 1.47. The molecule has 1 N–H and O–H groups in total. The molecule has 5 rings (SSSR count). The molecule has 0 saturated heterocycles. The van der Waals surface area contributed by atoms with Crippen molar-refractivity contribution in [2.45, 2.75) is 20.8 Å². The molecule has 0 aliphatic rings. The number of halogens is 2. The first-order valence-corrected chi connectivity index (χ1v) is 14.6. The molecular weight excluding hydrogens is 597 g/mol. The van der Waals surface area contributed by atoms with Crippen molar-refractivity contribution in [1.82, 2.24) is 0 Å². The van der Waals surface area contributed by atoms with Crippen LogP contribution in [0.3, 0.4) is 0 Å². The van der Waals surface area contributed by atoms with Crippen molar-refractivity contribution in [3.05, 3.63) is 103 Å². The lowest BCUT2D eigenvalue weighted by atomic mass is 10.0. The fourth-order valence-electron chi connectivity index (χ4n) is 4.32. The van der Waals surface area contributed by atoms with Gasteiger partial charge in [-0.1, -0.05) is 53.0 Å². The molecule has 7 nitrogen and oxygen atoms in total. The molecule has 10 heteroatoms. The van der Waals surface area contributed by atoms with Crippen LogP contribution in [0.15, 0.2) is 75.3 Å². The van der Waals surface area contributed by atoms with Gasteiger partial charge in [-0.2, -0.15) is 0 Å². The van der Waals surface area contributed by atoms with Gasteiger partial charge in [0.25, 0.3) is 5.91 Å². The molecule has 0 spiro atoms. The van der Waals surface area contributed by atoms with E-state index in [1.54, 1.807) is 49.6 Å². The number of hydrogen-bond donors (Lipinski definition) is 1. The molecule has 0 aliphatic heterocycles. The summed E-state index contributed by atoms with van der Waals surface area (Å²) in [6, 6.07) is 17.6. The van der Waals surface area contributed by atoms with E-state index in [0.29, 0.717) is 31.8 Å². The molecule has 214 valence electrons. The lowest BCUT2D eigenvalue weighted by molar-refractivity contribution is -0.118. The first-order chi connectivity index (χ1) is 20.2. The molecule has 1 amide bonds. The van der Waals surface area contributed by atoms with Gasteiger partial charge in [0.15, 0.2) is 12.4 Å². The smallest absolute Gasteiger partial charge is 0.341 e. The minimum atomic E-state index is -0.582. The highest BCUT2D eigenvalue weighted by atomic mass is 35.5. The maximum Gasteiger partial charge on any atom is 0.341 e. The predicted molar refractivity (Wildman–Crippen MR) is 167 cm³/mol. The highest BCUT2D eigenvalue weighted by Gasteiger charge is 2.24. The molecule has 0 radical (unpaired) electrons. The number of esters is 1. The summed E-state index contributed by atoms with van der Waals surface area (Å²) in [5.41, 5.74) is 3.88. The third-order valence-electron chi connectivity index (χ3n) is 6.47. The van der Waals surface area contributed by atoms with Crippen molar-refractivity contribution in [2.75, 3.05) is 18.5 Å². The van der Waals surface area contributed by atoms with E-state index < -0.39 is 23.9 Å². The van der Waals surface area contributed by atoms with Gasteiger partial charge < -0.3 is 19.2 Å². The van der Waals surface area contributed by atoms with Gasteiger partial charge in [-0.05, 0) is 68.3 Å². The molecule has 0 fully saturated rings. The molecule has 3 aromatic carbocycles. The van der Waals surface area contributed by atoms with Crippen molar-refractivity contribution in [3.8, 4) is 28.2 Å². The Morgan fingerprint density at radius 1 is 0.976 bits per heavy atom. The minimum Gasteiger partial charge on any atom is -0.476 e. The standard InChI is InChI=1S/C32H25Cl2NO6S/c1-4-39-32(38)27-23(19-7-5-17(2)6-8-19)16-42-31(27)35-26(36)15-40-30-28(37)22-14-24(34)18(3)13-25(22)41-29(30)20-9-11-21(33)12-10-20/h5-14,16H,4,15H2,1-3H3,(H,35,36). The van der Waals surface area contributed by atoms with Gasteiger partial charge in [-0.25, -0.2) is 4.79 Å². The Bertz CT molecular complexity index is 1860. The van der Waals surface area contributed by atoms with Gasteiger partial charge in [-0.3, -0.25) is 9.59 Å². The van der Waals surface area contributed by atoms with E-state index in [1.165, 1.54) is 17.4 Å². The number of anilines is 1. The topological polar surface area (TPSA) is 94.8 Å². The third kappa shape index (κ3) is 6.06. The molecule has 0 bridgehead atoms. The number of hydrogen-bond acceptors (Lipinski definition) is 7. The molecular formula is C32H25Cl2NO6S. The normalized spacial score (nSPS) is 11.0. The lowest BCUT2D eigenvalue weighted by Crippen LogP contribution is -2.23. The van der Waals surface area contributed by atoms with Crippen LogP contribution in [0, 0.1) is 13.8 Å². The van der Waals surface area contributed by atoms with E-state index in [-0.39, 0.29) is 29.1 Å². The molecule has 0 saturated carbocycles. The van der Waals surface area contributed by atoms with Gasteiger partial charge in [0.2, 0.25) is 11.2 Å². The summed E-state index contributed by atoms with van der Waals surface area (Å²) in [7, 11) is 0. The van der Waals surface area contributed by atoms with Gasteiger partial charge in [0.05, 0.1) is 12.0 Å². The summed E-state index contributed by atoms with van der Waals surface area (Å²) in [5.74, 6) is -1.15. The second-order valence-corrected chi connectivity index (χ2v) is 11.2. The SMILES string of the molecule is CCOC(=O)c1c(-c2ccc(C)cc2)csc1NC(=O)COc1c(-c2ccc(Cl)cc2)oc2cc(C)c(Cl)cc2c1=O. The summed E-state index contributed by atoms with van der Waals surface area (Å²) in [6.45, 7) is 5.13. The number of aryl methyl sites for hydroxylation is 2. The third-order valence-corrected chi connectivity index (χ3v) is 8.02. The van der Waals surface area contributed by atoms with Crippen LogP contribution in [0.1, 0.15) is 28.4 Å². The number of carbonyl (C=O) groups excluding carboxylic acids is 2. The summed E-state index contributed by atoms with van der Waals surface area (Å²) in [4.78, 5) is 39.6. The first kappa shape index (κ1) is 29.4. The van der Waals surface area contributed by atoms with Crippen LogP contribution < -0.4 is 15.5 Å².